The van der Waals surface area contributed by atoms with Crippen LogP contribution in [0.4, 0.5) is 9.59 Å². The molecule has 0 aliphatic heterocycles. The van der Waals surface area contributed by atoms with Gasteiger partial charge in [0.25, 0.3) is 0 Å². The summed E-state index contributed by atoms with van der Waals surface area (Å²) >= 11 is 0. The van der Waals surface area contributed by atoms with Crippen LogP contribution in [-0.2, 0) is 50.2 Å². The van der Waals surface area contributed by atoms with Crippen molar-refractivity contribution in [1.82, 2.24) is 4.90 Å². The van der Waals surface area contributed by atoms with Gasteiger partial charge < -0.3 is 34.7 Å². The number of guanidine groups is 1. The van der Waals surface area contributed by atoms with Crippen molar-refractivity contribution < 1.29 is 52.1 Å². The number of hydrogen-bond donors (Lipinski definition) is 2. The Morgan fingerprint density at radius 3 is 1.56 bits per heavy atom. The van der Waals surface area contributed by atoms with Crippen LogP contribution in [0.15, 0.2) is 65.4 Å². The van der Waals surface area contributed by atoms with Gasteiger partial charge in [-0.2, -0.15) is 0 Å². The highest BCUT2D eigenvalue weighted by Crippen LogP contribution is 2.54. The van der Waals surface area contributed by atoms with Crippen molar-refractivity contribution in [3.63, 3.8) is 0 Å². The standard InChI is InChI=1S/C30H42N3O11P/c1-21(2)26(41-29(36)39-18-16-23-12-8-6-9-13-23)43-45(38,32-28(31)33(5)20-25(34)35)44-27(22(3)4)42-30(37)40-19-17-24-14-10-7-11-15-24/h6-15,21-22,26-27H,16-20H2,1-5H3,(H,34,35)(H2,31,32,38). The van der Waals surface area contributed by atoms with E-state index in [2.05, 4.69) is 4.76 Å². The molecule has 14 nitrogen and oxygen atoms in total. The lowest BCUT2D eigenvalue weighted by molar-refractivity contribution is -0.137. The van der Waals surface area contributed by atoms with Crippen LogP contribution in [0.5, 0.6) is 0 Å². The van der Waals surface area contributed by atoms with Crippen LogP contribution in [0.2, 0.25) is 0 Å². The van der Waals surface area contributed by atoms with Gasteiger partial charge in [-0.3, -0.25) is 4.79 Å². The molecule has 2 unspecified atom stereocenters. The molecule has 0 bridgehead atoms. The minimum atomic E-state index is -4.79. The smallest absolute Gasteiger partial charge is 0.480 e. The number of aliphatic carboxylic acids is 1. The van der Waals surface area contributed by atoms with E-state index < -0.39 is 62.9 Å². The molecule has 15 heteroatoms. The summed E-state index contributed by atoms with van der Waals surface area (Å²) < 4.78 is 50.0. The Labute approximate surface area is 263 Å². The highest BCUT2D eigenvalue weighted by Gasteiger charge is 2.39. The SMILES string of the molecule is CC(C)C(OC(=O)OCCc1ccccc1)OP(=O)(/N=C(/N)N(C)CC(=O)O)OC(OC(=O)OCCc1ccccc1)C(C)C. The largest absolute Gasteiger partial charge is 0.510 e. The maximum absolute atomic E-state index is 14.1. The topological polar surface area (TPSA) is 186 Å². The molecule has 2 aromatic rings. The minimum Gasteiger partial charge on any atom is -0.480 e. The molecule has 0 spiro atoms. The molecule has 248 valence electrons. The fourth-order valence-corrected chi connectivity index (χ4v) is 5.08. The van der Waals surface area contributed by atoms with Gasteiger partial charge in [-0.1, -0.05) is 88.4 Å². The van der Waals surface area contributed by atoms with Gasteiger partial charge >= 0.3 is 26.0 Å². The van der Waals surface area contributed by atoms with E-state index in [1.54, 1.807) is 27.7 Å². The predicted octanol–water partition coefficient (Wildman–Crippen LogP) is 5.21. The molecule has 2 aromatic carbocycles. The molecule has 3 N–H and O–H groups in total. The van der Waals surface area contributed by atoms with Crippen LogP contribution in [0, 0.1) is 11.8 Å². The van der Waals surface area contributed by atoms with E-state index in [0.29, 0.717) is 12.8 Å². The third kappa shape index (κ3) is 14.5. The first-order valence-corrected chi connectivity index (χ1v) is 15.8. The van der Waals surface area contributed by atoms with Crippen LogP contribution >= 0.6 is 7.75 Å². The average molecular weight is 652 g/mol. The highest BCUT2D eigenvalue weighted by molar-refractivity contribution is 7.52. The molecule has 0 heterocycles. The molecule has 45 heavy (non-hydrogen) atoms. The van der Waals surface area contributed by atoms with Crippen molar-refractivity contribution in [2.24, 2.45) is 22.3 Å². The van der Waals surface area contributed by atoms with Crippen LogP contribution in [-0.4, -0.2) is 73.6 Å². The first kappa shape index (κ1) is 37.1. The monoisotopic (exact) mass is 651 g/mol. The zero-order chi connectivity index (χ0) is 33.4. The van der Waals surface area contributed by atoms with E-state index in [4.69, 9.17) is 38.8 Å². The number of carboxylic acids is 1. The molecular weight excluding hydrogens is 609 g/mol. The van der Waals surface area contributed by atoms with Gasteiger partial charge in [0.2, 0.25) is 18.5 Å². The fourth-order valence-electron chi connectivity index (χ4n) is 3.43. The van der Waals surface area contributed by atoms with Gasteiger partial charge in [0, 0.05) is 31.7 Å². The van der Waals surface area contributed by atoms with Gasteiger partial charge in [-0.25, -0.2) is 23.2 Å². The number of carbonyl (C=O) groups is 3. The molecule has 0 aromatic heterocycles. The summed E-state index contributed by atoms with van der Waals surface area (Å²) in [6, 6.07) is 18.6. The van der Waals surface area contributed by atoms with Crippen molar-refractivity contribution in [3.05, 3.63) is 71.8 Å². The number of carboxylic acid groups (broad SMARTS) is 1. The van der Waals surface area contributed by atoms with E-state index in [1.807, 2.05) is 60.7 Å². The summed E-state index contributed by atoms with van der Waals surface area (Å²) in [7, 11) is -3.50. The van der Waals surface area contributed by atoms with Crippen molar-refractivity contribution in [1.29, 1.82) is 0 Å². The minimum absolute atomic E-state index is 0.00253. The van der Waals surface area contributed by atoms with Crippen molar-refractivity contribution in [2.75, 3.05) is 26.8 Å². The number of ether oxygens (including phenoxy) is 4. The molecule has 0 amide bonds. The lowest BCUT2D eigenvalue weighted by Gasteiger charge is -2.28. The van der Waals surface area contributed by atoms with Crippen molar-refractivity contribution in [2.45, 2.75) is 53.1 Å². The number of benzene rings is 2. The lowest BCUT2D eigenvalue weighted by atomic mass is 10.2. The molecule has 0 aliphatic rings. The molecule has 0 radical (unpaired) electrons. The van der Waals surface area contributed by atoms with Gasteiger partial charge in [-0.15, -0.1) is 4.76 Å². The Balaban J connectivity index is 2.18. The number of rotatable bonds is 17. The molecular formula is C30H42N3O11P. The summed E-state index contributed by atoms with van der Waals surface area (Å²) in [5, 5.41) is 9.13. The normalized spacial score (nSPS) is 14.2. The van der Waals surface area contributed by atoms with E-state index in [-0.39, 0.29) is 13.2 Å². The summed E-state index contributed by atoms with van der Waals surface area (Å²) in [4.78, 5) is 37.1. The average Bonchev–Trinajstić information content (AvgIpc) is 2.97. The van der Waals surface area contributed by atoms with E-state index in [0.717, 1.165) is 16.0 Å². The first-order chi connectivity index (χ1) is 21.3. The zero-order valence-electron chi connectivity index (χ0n) is 26.1. The maximum Gasteiger partial charge on any atom is 0.510 e. The van der Waals surface area contributed by atoms with E-state index in [1.165, 1.54) is 7.05 Å². The quantitative estimate of drug-likeness (QED) is 0.0747. The Morgan fingerprint density at radius 2 is 1.20 bits per heavy atom. The van der Waals surface area contributed by atoms with Gasteiger partial charge in [-0.05, 0) is 11.1 Å². The molecule has 0 aliphatic carbocycles. The lowest BCUT2D eigenvalue weighted by Crippen LogP contribution is -2.38. The zero-order valence-corrected chi connectivity index (χ0v) is 27.0. The third-order valence-corrected chi connectivity index (χ3v) is 7.28. The second kappa shape index (κ2) is 18.6. The predicted molar refractivity (Wildman–Crippen MR) is 164 cm³/mol. The van der Waals surface area contributed by atoms with Crippen LogP contribution in [0.3, 0.4) is 0 Å². The van der Waals surface area contributed by atoms with Crippen LogP contribution in [0.25, 0.3) is 0 Å². The maximum atomic E-state index is 14.1. The number of nitrogens with two attached hydrogens (primary N) is 1. The number of carbonyl (C=O) groups excluding carboxylic acids is 2. The summed E-state index contributed by atoms with van der Waals surface area (Å²) in [5.74, 6) is -2.96. The number of hydrogen-bond acceptors (Lipinski definition) is 10. The van der Waals surface area contributed by atoms with Gasteiger partial charge in [0.15, 0.2) is 0 Å². The highest BCUT2D eigenvalue weighted by atomic mass is 31.2. The number of likely N-dealkylation sites (N-methyl/N-ethyl adjacent to an activating group) is 1. The van der Waals surface area contributed by atoms with Gasteiger partial charge in [0.1, 0.15) is 6.54 Å². The molecule has 0 fully saturated rings. The number of nitrogens with zero attached hydrogens (tertiary/aromatic N) is 2. The van der Waals surface area contributed by atoms with Crippen molar-refractivity contribution >= 4 is 32.0 Å². The Hall–Kier alpha value is -4.13. The molecule has 2 atom stereocenters. The molecule has 0 saturated heterocycles. The second-order valence-electron chi connectivity index (χ2n) is 10.5. The Bertz CT molecular complexity index is 1220. The molecule has 0 saturated carbocycles. The van der Waals surface area contributed by atoms with E-state index in [9.17, 15) is 18.9 Å². The van der Waals surface area contributed by atoms with Gasteiger partial charge in [0.05, 0.1) is 13.2 Å². The molecule has 2 rings (SSSR count). The summed E-state index contributed by atoms with van der Waals surface area (Å²) in [5.41, 5.74) is 7.79. The third-order valence-electron chi connectivity index (χ3n) is 5.88. The van der Waals surface area contributed by atoms with E-state index >= 15 is 0 Å². The fraction of sp³-hybridized carbons (Fsp3) is 0.467. The summed E-state index contributed by atoms with van der Waals surface area (Å²) in [6.45, 7) is 5.84. The Kier molecular flexibility index (Phi) is 15.3. The first-order valence-electron chi connectivity index (χ1n) is 14.3. The van der Waals surface area contributed by atoms with Crippen LogP contribution in [0.1, 0.15) is 38.8 Å². The van der Waals surface area contributed by atoms with Crippen LogP contribution < -0.4 is 5.73 Å². The summed E-state index contributed by atoms with van der Waals surface area (Å²) in [6.07, 6.45) is -4.39. The second-order valence-corrected chi connectivity index (χ2v) is 12.1. The van der Waals surface area contributed by atoms with Crippen molar-refractivity contribution in [3.8, 4) is 0 Å². The Morgan fingerprint density at radius 1 is 0.800 bits per heavy atom.